The van der Waals surface area contributed by atoms with Crippen LogP contribution in [0.25, 0.3) is 0 Å². The summed E-state index contributed by atoms with van der Waals surface area (Å²) in [6.45, 7) is 4.10. The molecule has 1 aliphatic heterocycles. The predicted molar refractivity (Wildman–Crippen MR) is 88.8 cm³/mol. The number of piperidine rings is 1. The smallest absolute Gasteiger partial charge is 0.119 e. The molecule has 1 fully saturated rings. The summed E-state index contributed by atoms with van der Waals surface area (Å²) in [4.78, 5) is 2.48. The van der Waals surface area contributed by atoms with Crippen LogP contribution in [0.3, 0.4) is 0 Å². The summed E-state index contributed by atoms with van der Waals surface area (Å²) >= 11 is 0. The fourth-order valence-electron chi connectivity index (χ4n) is 2.97. The topological polar surface area (TPSA) is 38.5 Å². The zero-order chi connectivity index (χ0) is 15.1. The van der Waals surface area contributed by atoms with Gasteiger partial charge in [-0.25, -0.2) is 0 Å². The van der Waals surface area contributed by atoms with E-state index in [1.54, 1.807) is 0 Å². The summed E-state index contributed by atoms with van der Waals surface area (Å²) in [5.41, 5.74) is 7.13. The fourth-order valence-corrected chi connectivity index (χ4v) is 2.97. The molecule has 0 saturated carbocycles. The van der Waals surface area contributed by atoms with Gasteiger partial charge in [-0.05, 0) is 70.3 Å². The number of nitrogens with zero attached hydrogens (tertiary/aromatic N) is 1. The van der Waals surface area contributed by atoms with Crippen LogP contribution in [0.15, 0.2) is 24.3 Å². The third-order valence-electron chi connectivity index (χ3n) is 4.45. The number of likely N-dealkylation sites (tertiary alicyclic amines) is 1. The molecule has 3 nitrogen and oxygen atoms in total. The van der Waals surface area contributed by atoms with Gasteiger partial charge in [0.05, 0.1) is 6.61 Å². The van der Waals surface area contributed by atoms with E-state index in [9.17, 15) is 0 Å². The Morgan fingerprint density at radius 3 is 2.71 bits per heavy atom. The van der Waals surface area contributed by atoms with E-state index in [1.165, 1.54) is 31.4 Å². The number of hydrogen-bond donors (Lipinski definition) is 1. The first-order chi connectivity index (χ1) is 10.1. The maximum atomic E-state index is 5.89. The zero-order valence-electron chi connectivity index (χ0n) is 13.6. The van der Waals surface area contributed by atoms with E-state index in [-0.39, 0.29) is 6.04 Å². The van der Waals surface area contributed by atoms with Crippen LogP contribution in [0.2, 0.25) is 0 Å². The van der Waals surface area contributed by atoms with Crippen molar-refractivity contribution >= 4 is 0 Å². The molecule has 0 amide bonds. The highest BCUT2D eigenvalue weighted by Gasteiger charge is 2.18. The van der Waals surface area contributed by atoms with Crippen LogP contribution in [0.4, 0.5) is 0 Å². The van der Waals surface area contributed by atoms with Gasteiger partial charge in [0.15, 0.2) is 0 Å². The van der Waals surface area contributed by atoms with Gasteiger partial charge in [0, 0.05) is 12.1 Å². The van der Waals surface area contributed by atoms with Crippen molar-refractivity contribution in [1.82, 2.24) is 4.90 Å². The lowest BCUT2D eigenvalue weighted by Gasteiger charge is -2.32. The SMILES string of the molecule is CC(N)CCc1ccc(OCCC2CCCCN2C)cc1. The Balaban J connectivity index is 1.70. The third-order valence-corrected chi connectivity index (χ3v) is 4.45. The molecular weight excluding hydrogens is 260 g/mol. The van der Waals surface area contributed by atoms with Crippen LogP contribution in [0, 0.1) is 0 Å². The second kappa shape index (κ2) is 8.40. The molecular formula is C18H30N2O. The lowest BCUT2D eigenvalue weighted by atomic mass is 10.0. The molecule has 0 aliphatic carbocycles. The highest BCUT2D eigenvalue weighted by atomic mass is 16.5. The zero-order valence-corrected chi connectivity index (χ0v) is 13.6. The Morgan fingerprint density at radius 1 is 1.29 bits per heavy atom. The number of aryl methyl sites for hydroxylation is 1. The van der Waals surface area contributed by atoms with Crippen molar-refractivity contribution in [1.29, 1.82) is 0 Å². The van der Waals surface area contributed by atoms with Crippen molar-refractivity contribution in [2.75, 3.05) is 20.2 Å². The first kappa shape index (κ1) is 16.3. The van der Waals surface area contributed by atoms with Crippen molar-refractivity contribution < 1.29 is 4.74 Å². The first-order valence-electron chi connectivity index (χ1n) is 8.32. The molecule has 3 heteroatoms. The molecule has 2 rings (SSSR count). The van der Waals surface area contributed by atoms with Gasteiger partial charge in [-0.2, -0.15) is 0 Å². The van der Waals surface area contributed by atoms with E-state index >= 15 is 0 Å². The molecule has 1 aromatic rings. The first-order valence-corrected chi connectivity index (χ1v) is 8.32. The highest BCUT2D eigenvalue weighted by Crippen LogP contribution is 2.19. The normalized spacial score (nSPS) is 21.2. The van der Waals surface area contributed by atoms with Crippen molar-refractivity contribution in [2.45, 2.75) is 57.5 Å². The van der Waals surface area contributed by atoms with Crippen LogP contribution in [-0.2, 0) is 6.42 Å². The van der Waals surface area contributed by atoms with Crippen molar-refractivity contribution in [3.05, 3.63) is 29.8 Å². The van der Waals surface area contributed by atoms with Crippen LogP contribution in [0.5, 0.6) is 5.75 Å². The summed E-state index contributed by atoms with van der Waals surface area (Å²) in [6, 6.07) is 9.45. The number of nitrogens with two attached hydrogens (primary N) is 1. The Hall–Kier alpha value is -1.06. The molecule has 1 heterocycles. The van der Waals surface area contributed by atoms with Gasteiger partial charge < -0.3 is 15.4 Å². The molecule has 2 unspecified atom stereocenters. The molecule has 0 radical (unpaired) electrons. The largest absolute Gasteiger partial charge is 0.494 e. The lowest BCUT2D eigenvalue weighted by Crippen LogP contribution is -2.37. The average molecular weight is 290 g/mol. The Bertz CT molecular complexity index is 402. The Kier molecular flexibility index (Phi) is 6.52. The van der Waals surface area contributed by atoms with Gasteiger partial charge >= 0.3 is 0 Å². The highest BCUT2D eigenvalue weighted by molar-refractivity contribution is 5.27. The van der Waals surface area contributed by atoms with Crippen molar-refractivity contribution in [3.8, 4) is 5.75 Å². The molecule has 118 valence electrons. The maximum Gasteiger partial charge on any atom is 0.119 e. The summed E-state index contributed by atoms with van der Waals surface area (Å²) < 4.78 is 5.89. The van der Waals surface area contributed by atoms with Crippen LogP contribution >= 0.6 is 0 Å². The van der Waals surface area contributed by atoms with E-state index in [0.717, 1.165) is 31.6 Å². The standard InChI is InChI=1S/C18H30N2O/c1-15(19)6-7-16-8-10-18(11-9-16)21-14-12-17-5-3-4-13-20(17)2/h8-11,15,17H,3-7,12-14,19H2,1-2H3. The van der Waals surface area contributed by atoms with E-state index in [2.05, 4.69) is 43.1 Å². The van der Waals surface area contributed by atoms with E-state index in [0.29, 0.717) is 6.04 Å². The minimum atomic E-state index is 0.272. The Labute approximate surface area is 129 Å². The molecule has 21 heavy (non-hydrogen) atoms. The van der Waals surface area contributed by atoms with Gasteiger partial charge in [0.25, 0.3) is 0 Å². The third kappa shape index (κ3) is 5.68. The molecule has 1 aliphatic rings. The van der Waals surface area contributed by atoms with Gasteiger partial charge in [-0.15, -0.1) is 0 Å². The number of rotatable bonds is 7. The fraction of sp³-hybridized carbons (Fsp3) is 0.667. The van der Waals surface area contributed by atoms with Crippen LogP contribution < -0.4 is 10.5 Å². The van der Waals surface area contributed by atoms with E-state index in [1.807, 2.05) is 0 Å². The predicted octanol–water partition coefficient (Wildman–Crippen LogP) is 3.22. The van der Waals surface area contributed by atoms with E-state index < -0.39 is 0 Å². The molecule has 1 aromatic carbocycles. The second-order valence-electron chi connectivity index (χ2n) is 6.43. The molecule has 2 N–H and O–H groups in total. The van der Waals surface area contributed by atoms with Gasteiger partial charge in [0.2, 0.25) is 0 Å². The minimum absolute atomic E-state index is 0.272. The van der Waals surface area contributed by atoms with Gasteiger partial charge in [0.1, 0.15) is 5.75 Å². The summed E-state index contributed by atoms with van der Waals surface area (Å²) in [5, 5.41) is 0. The quantitative estimate of drug-likeness (QED) is 0.838. The molecule has 1 saturated heterocycles. The van der Waals surface area contributed by atoms with Crippen LogP contribution in [0.1, 0.15) is 44.6 Å². The average Bonchev–Trinajstić information content (AvgIpc) is 2.48. The molecule has 2 atom stereocenters. The van der Waals surface area contributed by atoms with Gasteiger partial charge in [-0.3, -0.25) is 0 Å². The number of benzene rings is 1. The molecule has 0 aromatic heterocycles. The number of ether oxygens (including phenoxy) is 1. The molecule has 0 bridgehead atoms. The van der Waals surface area contributed by atoms with Gasteiger partial charge in [-0.1, -0.05) is 18.6 Å². The van der Waals surface area contributed by atoms with E-state index in [4.69, 9.17) is 10.5 Å². The van der Waals surface area contributed by atoms with Crippen LogP contribution in [-0.4, -0.2) is 37.2 Å². The maximum absolute atomic E-state index is 5.89. The Morgan fingerprint density at radius 2 is 2.05 bits per heavy atom. The lowest BCUT2D eigenvalue weighted by molar-refractivity contribution is 0.153. The summed E-state index contributed by atoms with van der Waals surface area (Å²) in [7, 11) is 2.23. The second-order valence-corrected chi connectivity index (χ2v) is 6.43. The monoisotopic (exact) mass is 290 g/mol. The minimum Gasteiger partial charge on any atom is -0.494 e. The summed E-state index contributed by atoms with van der Waals surface area (Å²) in [6.07, 6.45) is 7.23. The van der Waals surface area contributed by atoms with Crippen molar-refractivity contribution in [3.63, 3.8) is 0 Å². The molecule has 0 spiro atoms. The van der Waals surface area contributed by atoms with Crippen molar-refractivity contribution in [2.24, 2.45) is 5.73 Å². The number of hydrogen-bond acceptors (Lipinski definition) is 3. The summed E-state index contributed by atoms with van der Waals surface area (Å²) in [5.74, 6) is 0.984.